The van der Waals surface area contributed by atoms with Crippen molar-refractivity contribution in [3.05, 3.63) is 0 Å². The minimum atomic E-state index is -4.57. The van der Waals surface area contributed by atoms with Crippen LogP contribution in [0.2, 0.25) is 0 Å². The number of hydrogen-bond acceptors (Lipinski definition) is 3. The third-order valence-corrected chi connectivity index (χ3v) is 4.05. The molecule has 16 heavy (non-hydrogen) atoms. The van der Waals surface area contributed by atoms with Crippen LogP contribution in [-0.4, -0.2) is 55.7 Å². The van der Waals surface area contributed by atoms with E-state index in [1.807, 2.05) is 0 Å². The molecule has 0 aromatic carbocycles. The van der Waals surface area contributed by atoms with Crippen LogP contribution in [0.1, 0.15) is 6.42 Å². The molecule has 0 aliphatic carbocycles. The Morgan fingerprint density at radius 3 is 2.25 bits per heavy atom. The van der Waals surface area contributed by atoms with Gasteiger partial charge in [-0.25, -0.2) is 0 Å². The molecule has 9 heteroatoms. The molecule has 1 fully saturated rings. The quantitative estimate of drug-likeness (QED) is 0.671. The first-order chi connectivity index (χ1) is 7.27. The lowest BCUT2D eigenvalue weighted by Crippen LogP contribution is -2.52. The predicted molar refractivity (Wildman–Crippen MR) is 48.8 cm³/mol. The molecule has 0 unspecified atom stereocenters. The Balaban J connectivity index is 2.82. The third kappa shape index (κ3) is 3.16. The minimum Gasteiger partial charge on any atom is -0.302 e. The normalized spacial score (nSPS) is 23.2. The van der Waals surface area contributed by atoms with Gasteiger partial charge in [-0.2, -0.15) is 30.2 Å². The van der Waals surface area contributed by atoms with Crippen molar-refractivity contribution in [2.45, 2.75) is 12.6 Å². The molecule has 0 amide bonds. The molecular weight excluding hydrogens is 249 g/mol. The van der Waals surface area contributed by atoms with E-state index < -0.39 is 29.5 Å². The molecule has 1 rings (SSSR count). The van der Waals surface area contributed by atoms with Crippen molar-refractivity contribution < 1.29 is 26.4 Å². The van der Waals surface area contributed by atoms with Gasteiger partial charge >= 0.3 is 6.18 Å². The van der Waals surface area contributed by atoms with Crippen LogP contribution >= 0.6 is 0 Å². The van der Waals surface area contributed by atoms with Crippen LogP contribution in [0.5, 0.6) is 0 Å². The molecular formula is C7H11F3N2O3S. The number of rotatable bonds is 3. The molecule has 1 aliphatic rings. The second kappa shape index (κ2) is 4.68. The summed E-state index contributed by atoms with van der Waals surface area (Å²) < 4.78 is 60.5. The molecule has 1 heterocycles. The zero-order valence-electron chi connectivity index (χ0n) is 8.27. The number of carbonyl (C=O) groups is 1. The van der Waals surface area contributed by atoms with Gasteiger partial charge in [0.2, 0.25) is 0 Å². The van der Waals surface area contributed by atoms with E-state index in [0.29, 0.717) is 10.6 Å². The van der Waals surface area contributed by atoms with E-state index in [-0.39, 0.29) is 19.5 Å². The average Bonchev–Trinajstić information content (AvgIpc) is 2.10. The number of halogens is 3. The van der Waals surface area contributed by atoms with Crippen molar-refractivity contribution in [1.29, 1.82) is 0 Å². The van der Waals surface area contributed by atoms with Gasteiger partial charge in [-0.1, -0.05) is 0 Å². The molecule has 0 aromatic heterocycles. The van der Waals surface area contributed by atoms with Crippen LogP contribution in [0.15, 0.2) is 0 Å². The van der Waals surface area contributed by atoms with Crippen LogP contribution in [0.3, 0.4) is 0 Å². The fraction of sp³-hybridized carbons (Fsp3) is 0.857. The summed E-state index contributed by atoms with van der Waals surface area (Å²) in [4.78, 5) is 10.2. The van der Waals surface area contributed by atoms with Gasteiger partial charge < -0.3 is 4.79 Å². The number of aldehydes is 1. The molecule has 0 aromatic rings. The third-order valence-electron chi connectivity index (χ3n) is 2.10. The zero-order chi connectivity index (χ0) is 12.4. The summed E-state index contributed by atoms with van der Waals surface area (Å²) in [5.74, 6) is 0. The van der Waals surface area contributed by atoms with Gasteiger partial charge in [0.05, 0.1) is 6.54 Å². The van der Waals surface area contributed by atoms with E-state index in [4.69, 9.17) is 0 Å². The fourth-order valence-electron chi connectivity index (χ4n) is 1.45. The Labute approximate surface area is 91.0 Å². The molecule has 0 atom stereocenters. The van der Waals surface area contributed by atoms with E-state index in [9.17, 15) is 26.4 Å². The summed E-state index contributed by atoms with van der Waals surface area (Å²) in [6, 6.07) is 0. The zero-order valence-corrected chi connectivity index (χ0v) is 9.09. The second-order valence-electron chi connectivity index (χ2n) is 3.33. The Hall–Kier alpha value is -0.670. The molecule has 0 bridgehead atoms. The van der Waals surface area contributed by atoms with Crippen molar-refractivity contribution in [2.24, 2.45) is 0 Å². The second-order valence-corrected chi connectivity index (χ2v) is 5.26. The van der Waals surface area contributed by atoms with Crippen LogP contribution < -0.4 is 0 Å². The summed E-state index contributed by atoms with van der Waals surface area (Å²) in [5, 5.41) is 0. The molecule has 1 aliphatic heterocycles. The maximum absolute atomic E-state index is 12.1. The largest absolute Gasteiger partial charge is 0.402 e. The van der Waals surface area contributed by atoms with E-state index in [1.54, 1.807) is 0 Å². The van der Waals surface area contributed by atoms with Crippen molar-refractivity contribution in [3.8, 4) is 0 Å². The van der Waals surface area contributed by atoms with Gasteiger partial charge in [0.15, 0.2) is 0 Å². The van der Waals surface area contributed by atoms with Crippen LogP contribution in [-0.2, 0) is 15.0 Å². The highest BCUT2D eigenvalue weighted by molar-refractivity contribution is 7.86. The number of hydrogen-bond donors (Lipinski definition) is 0. The monoisotopic (exact) mass is 260 g/mol. The molecule has 5 nitrogen and oxygen atoms in total. The first kappa shape index (κ1) is 13.4. The fourth-order valence-corrected chi connectivity index (χ4v) is 3.05. The highest BCUT2D eigenvalue weighted by Crippen LogP contribution is 2.22. The van der Waals surface area contributed by atoms with Crippen molar-refractivity contribution in [3.63, 3.8) is 0 Å². The van der Waals surface area contributed by atoms with Gasteiger partial charge in [0.25, 0.3) is 10.2 Å². The highest BCUT2D eigenvalue weighted by Gasteiger charge is 2.40. The van der Waals surface area contributed by atoms with Gasteiger partial charge in [-0.3, -0.25) is 0 Å². The maximum atomic E-state index is 12.1. The molecule has 94 valence electrons. The summed E-state index contributed by atoms with van der Waals surface area (Å²) in [7, 11) is -4.14. The van der Waals surface area contributed by atoms with Crippen LogP contribution in [0.25, 0.3) is 0 Å². The Morgan fingerprint density at radius 1 is 1.19 bits per heavy atom. The van der Waals surface area contributed by atoms with E-state index in [2.05, 4.69) is 0 Å². The van der Waals surface area contributed by atoms with E-state index in [1.165, 1.54) is 0 Å². The standard InChI is InChI=1S/C7H11F3N2O3S/c8-7(9,10)6-12-3-1-2-11(4-5-13)16(12,14)15/h5H,1-4,6H2. The van der Waals surface area contributed by atoms with Gasteiger partial charge in [0, 0.05) is 13.1 Å². The van der Waals surface area contributed by atoms with Crippen molar-refractivity contribution in [2.75, 3.05) is 26.2 Å². The summed E-state index contributed by atoms with van der Waals surface area (Å²) >= 11 is 0. The smallest absolute Gasteiger partial charge is 0.302 e. The van der Waals surface area contributed by atoms with Crippen LogP contribution in [0, 0.1) is 0 Å². The van der Waals surface area contributed by atoms with Gasteiger partial charge in [-0.15, -0.1) is 0 Å². The SMILES string of the molecule is O=CCN1CCCN(CC(F)(F)F)S1(=O)=O. The first-order valence-corrected chi connectivity index (χ1v) is 5.92. The first-order valence-electron chi connectivity index (χ1n) is 4.53. The summed E-state index contributed by atoms with van der Waals surface area (Å²) in [6.07, 6.45) is -3.94. The van der Waals surface area contributed by atoms with E-state index >= 15 is 0 Å². The van der Waals surface area contributed by atoms with Crippen molar-refractivity contribution >= 4 is 16.5 Å². The Bertz CT molecular complexity index is 354. The number of nitrogens with zero attached hydrogens (tertiary/aromatic N) is 2. The lowest BCUT2D eigenvalue weighted by Gasteiger charge is -2.33. The predicted octanol–water partition coefficient (Wildman–Crippen LogP) is 0.0001000. The minimum absolute atomic E-state index is 0.0788. The van der Waals surface area contributed by atoms with Gasteiger partial charge in [0.1, 0.15) is 12.8 Å². The molecule has 0 N–H and O–H groups in total. The number of carbonyl (C=O) groups excluding carboxylic acids is 1. The summed E-state index contributed by atoms with van der Waals surface area (Å²) in [5.41, 5.74) is 0. The molecule has 1 saturated heterocycles. The Kier molecular flexibility index (Phi) is 3.92. The average molecular weight is 260 g/mol. The molecule has 0 radical (unpaired) electrons. The lowest BCUT2D eigenvalue weighted by molar-refractivity contribution is -0.137. The lowest BCUT2D eigenvalue weighted by atomic mass is 10.4. The van der Waals surface area contributed by atoms with Gasteiger partial charge in [-0.05, 0) is 6.42 Å². The van der Waals surface area contributed by atoms with Crippen molar-refractivity contribution in [1.82, 2.24) is 8.61 Å². The molecule has 0 saturated carbocycles. The topological polar surface area (TPSA) is 57.7 Å². The Morgan fingerprint density at radius 2 is 1.75 bits per heavy atom. The maximum Gasteiger partial charge on any atom is 0.402 e. The highest BCUT2D eigenvalue weighted by atomic mass is 32.2. The van der Waals surface area contributed by atoms with E-state index in [0.717, 1.165) is 4.31 Å². The summed E-state index contributed by atoms with van der Waals surface area (Å²) in [6.45, 7) is -2.01. The van der Waals surface area contributed by atoms with Crippen LogP contribution in [0.4, 0.5) is 13.2 Å². The molecule has 0 spiro atoms. The number of alkyl halides is 3.